The van der Waals surface area contributed by atoms with Gasteiger partial charge >= 0.3 is 0 Å². The Morgan fingerprint density at radius 2 is 0.967 bits per heavy atom. The molecule has 30 heavy (non-hydrogen) atoms. The van der Waals surface area contributed by atoms with Crippen molar-refractivity contribution in [3.05, 3.63) is 75.8 Å². The summed E-state index contributed by atoms with van der Waals surface area (Å²) in [5, 5.41) is 1.33. The Bertz CT molecular complexity index is 987. The van der Waals surface area contributed by atoms with Gasteiger partial charge in [0.25, 0.3) is 0 Å². The van der Waals surface area contributed by atoms with E-state index < -0.39 is 7.74 Å². The second-order valence-electron chi connectivity index (χ2n) is 9.70. The van der Waals surface area contributed by atoms with Gasteiger partial charge in [0.2, 0.25) is 0 Å². The number of aryl methyl sites for hydroxylation is 6. The molecule has 0 bridgehead atoms. The van der Waals surface area contributed by atoms with Crippen molar-refractivity contribution in [2.24, 2.45) is 0 Å². The van der Waals surface area contributed by atoms with Crippen LogP contribution in [0.4, 0.5) is 0 Å². The zero-order valence-electron chi connectivity index (χ0n) is 19.9. The quantitative estimate of drug-likeness (QED) is 0.175. The van der Waals surface area contributed by atoms with E-state index >= 15 is 0 Å². The van der Waals surface area contributed by atoms with E-state index in [-0.39, 0.29) is 5.11 Å². The Morgan fingerprint density at radius 3 is 1.27 bits per heavy atom. The Labute approximate surface area is 198 Å². The molecule has 3 heteroatoms. The van der Waals surface area contributed by atoms with E-state index in [4.69, 9.17) is 0 Å². The van der Waals surface area contributed by atoms with Crippen LogP contribution < -0.4 is 5.30 Å². The lowest BCUT2D eigenvalue weighted by Crippen LogP contribution is -2.24. The molecule has 0 amide bonds. The highest BCUT2D eigenvalue weighted by atomic mass is 127. The van der Waals surface area contributed by atoms with Gasteiger partial charge in [-0.15, -0.1) is 0 Å². The maximum atomic E-state index is 2.81. The second-order valence-corrected chi connectivity index (χ2v) is 26.0. The number of hydrogen-bond acceptors (Lipinski definition) is 0. The Kier molecular flexibility index (Phi) is 7.01. The van der Waals surface area contributed by atoms with Crippen molar-refractivity contribution >= 4 is 40.2 Å². The highest BCUT2D eigenvalue weighted by molar-refractivity contribution is 14.2. The monoisotopic (exact) mass is 544 g/mol. The van der Waals surface area contributed by atoms with Crippen molar-refractivity contribution in [2.75, 3.05) is 0 Å². The lowest BCUT2D eigenvalue weighted by Gasteiger charge is -2.30. The maximum absolute atomic E-state index is 2.81. The first-order valence-electron chi connectivity index (χ1n) is 10.7. The van der Waals surface area contributed by atoms with Crippen LogP contribution in [-0.2, 0) is 0 Å². The summed E-state index contributed by atoms with van der Waals surface area (Å²) in [5.41, 5.74) is 14.0. The molecule has 0 heterocycles. The first-order valence-corrected chi connectivity index (χ1v) is 19.1. The summed E-state index contributed by atoms with van der Waals surface area (Å²) in [7, 11) is -1.37. The van der Waals surface area contributed by atoms with Crippen LogP contribution in [0.2, 0.25) is 19.6 Å². The Morgan fingerprint density at radius 1 is 0.633 bits per heavy atom. The third kappa shape index (κ3) is 4.61. The third-order valence-electron chi connectivity index (χ3n) is 5.71. The van der Waals surface area contributed by atoms with Crippen LogP contribution in [0.25, 0.3) is 22.3 Å². The first kappa shape index (κ1) is 23.7. The van der Waals surface area contributed by atoms with Crippen LogP contribution in [0, 0.1) is 41.5 Å². The van der Waals surface area contributed by atoms with Crippen molar-refractivity contribution < 1.29 is 0 Å². The van der Waals surface area contributed by atoms with E-state index in [1.54, 1.807) is 5.30 Å². The fraction of sp³-hybridized carbons (Fsp3) is 0.333. The summed E-state index contributed by atoms with van der Waals surface area (Å²) in [6.07, 6.45) is 0. The van der Waals surface area contributed by atoms with E-state index in [0.717, 1.165) is 0 Å². The molecule has 0 aliphatic rings. The van der Waals surface area contributed by atoms with E-state index in [1.165, 1.54) is 55.6 Å². The predicted molar refractivity (Wildman–Crippen MR) is 150 cm³/mol. The van der Waals surface area contributed by atoms with E-state index in [1.807, 2.05) is 0 Å². The van der Waals surface area contributed by atoms with E-state index in [0.29, 0.717) is 0 Å². The molecule has 0 aliphatic carbocycles. The minimum Gasteiger partial charge on any atom is -0.0647 e. The topological polar surface area (TPSA) is 0 Å². The van der Waals surface area contributed by atoms with Crippen LogP contribution in [0.5, 0.6) is 0 Å². The number of hydrogen-bond donors (Lipinski definition) is 0. The van der Waals surface area contributed by atoms with Crippen molar-refractivity contribution in [1.82, 2.24) is 0 Å². The van der Waals surface area contributed by atoms with Crippen LogP contribution in [0.3, 0.4) is 0 Å². The molecule has 0 saturated carbocycles. The normalized spacial score (nSPS) is 12.9. The fourth-order valence-electron chi connectivity index (χ4n) is 4.70. The van der Waals surface area contributed by atoms with Gasteiger partial charge < -0.3 is 0 Å². The zero-order valence-corrected chi connectivity index (χ0v) is 23.9. The molecule has 3 aromatic carbocycles. The standard InChI is InChI=1S/C27H34IPSi/c1-17-13-19(3)25(20(4)14-17)23-11-10-12-24(27(23)29(28)30(7,8)9)26-21(5)15-18(2)16-22(26)6/h10-16H,1-9H3. The van der Waals surface area contributed by atoms with Crippen molar-refractivity contribution in [3.63, 3.8) is 0 Å². The van der Waals surface area contributed by atoms with Crippen LogP contribution >= 0.6 is 27.2 Å². The van der Waals surface area contributed by atoms with Crippen molar-refractivity contribution in [3.8, 4) is 22.3 Å². The smallest absolute Gasteiger partial charge is 0.0647 e. The summed E-state index contributed by atoms with van der Waals surface area (Å²) in [6.45, 7) is 21.1. The van der Waals surface area contributed by atoms with Gasteiger partial charge in [0.05, 0.1) is 7.74 Å². The zero-order chi connectivity index (χ0) is 22.4. The van der Waals surface area contributed by atoms with Crippen LogP contribution in [-0.4, -0.2) is 7.74 Å². The summed E-state index contributed by atoms with van der Waals surface area (Å²) in [4.78, 5) is 0. The lowest BCUT2D eigenvalue weighted by molar-refractivity contribution is 1.32. The molecule has 0 aliphatic heterocycles. The maximum Gasteiger partial charge on any atom is 0.0896 e. The molecule has 0 nitrogen and oxygen atoms in total. The molecular weight excluding hydrogens is 510 g/mol. The highest BCUT2D eigenvalue weighted by Gasteiger charge is 2.31. The third-order valence-corrected chi connectivity index (χ3v) is 26.4. The SMILES string of the molecule is Cc1cc(C)c(-c2cccc(-c3c(C)cc(C)cc3C)c2P(I)[Si](C)(C)C)c(C)c1. The molecule has 1 unspecified atom stereocenters. The molecule has 0 saturated heterocycles. The van der Waals surface area contributed by atoms with Crippen molar-refractivity contribution in [1.29, 1.82) is 0 Å². The fourth-order valence-corrected chi connectivity index (χ4v) is 10.5. The predicted octanol–water partition coefficient (Wildman–Crippen LogP) is 9.16. The first-order chi connectivity index (χ1) is 13.9. The summed E-state index contributed by atoms with van der Waals surface area (Å²) < 4.78 is 0. The molecule has 3 aromatic rings. The molecule has 158 valence electrons. The molecule has 0 spiro atoms. The molecular formula is C27H34IPSi. The highest BCUT2D eigenvalue weighted by Crippen LogP contribution is 2.57. The minimum absolute atomic E-state index is 0.262. The lowest BCUT2D eigenvalue weighted by atomic mass is 9.89. The number of halogens is 1. The van der Waals surface area contributed by atoms with Gasteiger partial charge in [0.1, 0.15) is 0 Å². The van der Waals surface area contributed by atoms with Gasteiger partial charge in [-0.25, -0.2) is 0 Å². The van der Waals surface area contributed by atoms with E-state index in [9.17, 15) is 0 Å². The molecule has 3 rings (SSSR count). The van der Waals surface area contributed by atoms with Crippen molar-refractivity contribution in [2.45, 2.75) is 61.2 Å². The van der Waals surface area contributed by atoms with Gasteiger partial charge in [-0.3, -0.25) is 0 Å². The average molecular weight is 545 g/mol. The average Bonchev–Trinajstić information content (AvgIpc) is 2.59. The molecule has 0 aromatic heterocycles. The molecule has 0 radical (unpaired) electrons. The summed E-state index contributed by atoms with van der Waals surface area (Å²) in [5.74, 6) is 0. The Hall–Kier alpha value is -0.963. The second kappa shape index (κ2) is 8.88. The van der Waals surface area contributed by atoms with Gasteiger partial charge in [0, 0.05) is 0 Å². The number of benzene rings is 3. The number of rotatable bonds is 4. The van der Waals surface area contributed by atoms with Crippen LogP contribution in [0.15, 0.2) is 42.5 Å². The molecule has 1 atom stereocenters. The van der Waals surface area contributed by atoms with Gasteiger partial charge in [-0.1, -0.05) is 95.3 Å². The van der Waals surface area contributed by atoms with Gasteiger partial charge in [-0.2, -0.15) is 0 Å². The molecule has 0 N–H and O–H groups in total. The Balaban J connectivity index is 2.44. The van der Waals surface area contributed by atoms with E-state index in [2.05, 4.69) is 126 Å². The van der Waals surface area contributed by atoms with Crippen LogP contribution in [0.1, 0.15) is 33.4 Å². The summed E-state index contributed by atoms with van der Waals surface area (Å²) >= 11 is 2.81. The minimum atomic E-state index is -1.37. The van der Waals surface area contributed by atoms with Gasteiger partial charge in [-0.05, 0) is 96.5 Å². The van der Waals surface area contributed by atoms with Gasteiger partial charge in [0.15, 0.2) is 0 Å². The summed E-state index contributed by atoms with van der Waals surface area (Å²) in [6, 6.07) is 16.4. The largest absolute Gasteiger partial charge is 0.0896 e. The molecule has 0 fully saturated rings.